The molecule has 1 atom stereocenters. The molecule has 4 N–H and O–H groups in total. The van der Waals surface area contributed by atoms with Gasteiger partial charge >= 0.3 is 0 Å². The number of benzene rings is 1. The highest BCUT2D eigenvalue weighted by Crippen LogP contribution is 2.07. The SMILES string of the molecule is CC.NC(NO)c1ccc(F)cc1. The van der Waals surface area contributed by atoms with E-state index in [9.17, 15) is 4.39 Å². The third-order valence-electron chi connectivity index (χ3n) is 1.37. The molecule has 1 rings (SSSR count). The number of nitrogens with one attached hydrogen (secondary N) is 1. The third-order valence-corrected chi connectivity index (χ3v) is 1.37. The topological polar surface area (TPSA) is 58.3 Å². The van der Waals surface area contributed by atoms with Crippen molar-refractivity contribution in [3.8, 4) is 0 Å². The van der Waals surface area contributed by atoms with E-state index in [1.54, 1.807) is 0 Å². The first-order chi connectivity index (χ1) is 6.24. The molecule has 0 fully saturated rings. The van der Waals surface area contributed by atoms with E-state index in [2.05, 4.69) is 0 Å². The van der Waals surface area contributed by atoms with Crippen molar-refractivity contribution in [1.82, 2.24) is 5.48 Å². The Labute approximate surface area is 77.3 Å². The molecule has 0 spiro atoms. The van der Waals surface area contributed by atoms with E-state index in [1.165, 1.54) is 24.3 Å². The number of hydrogen-bond acceptors (Lipinski definition) is 3. The molecule has 1 aromatic carbocycles. The lowest BCUT2D eigenvalue weighted by Crippen LogP contribution is -2.25. The van der Waals surface area contributed by atoms with Crippen LogP contribution >= 0.6 is 0 Å². The molecule has 0 bridgehead atoms. The molecule has 0 saturated carbocycles. The fraction of sp³-hybridized carbons (Fsp3) is 0.333. The summed E-state index contributed by atoms with van der Waals surface area (Å²) < 4.78 is 12.3. The van der Waals surface area contributed by atoms with Crippen LogP contribution in [-0.2, 0) is 0 Å². The zero-order valence-corrected chi connectivity index (χ0v) is 7.79. The predicted octanol–water partition coefficient (Wildman–Crippen LogP) is 1.79. The van der Waals surface area contributed by atoms with Crippen molar-refractivity contribution in [3.05, 3.63) is 35.6 Å². The Morgan fingerprint density at radius 1 is 1.31 bits per heavy atom. The summed E-state index contributed by atoms with van der Waals surface area (Å²) in [5, 5.41) is 8.39. The molecular weight excluding hydrogens is 171 g/mol. The van der Waals surface area contributed by atoms with E-state index in [4.69, 9.17) is 10.9 Å². The van der Waals surface area contributed by atoms with E-state index in [-0.39, 0.29) is 5.82 Å². The van der Waals surface area contributed by atoms with E-state index in [1.807, 2.05) is 19.3 Å². The highest BCUT2D eigenvalue weighted by Gasteiger charge is 2.01. The van der Waals surface area contributed by atoms with Crippen LogP contribution in [0.5, 0.6) is 0 Å². The molecule has 0 aromatic heterocycles. The first-order valence-corrected chi connectivity index (χ1v) is 4.14. The molecule has 13 heavy (non-hydrogen) atoms. The Morgan fingerprint density at radius 3 is 2.15 bits per heavy atom. The second-order valence-corrected chi connectivity index (χ2v) is 2.16. The van der Waals surface area contributed by atoms with Crippen LogP contribution in [0.4, 0.5) is 4.39 Å². The van der Waals surface area contributed by atoms with Gasteiger partial charge in [-0.05, 0) is 17.7 Å². The summed E-state index contributed by atoms with van der Waals surface area (Å²) in [6, 6.07) is 5.57. The van der Waals surface area contributed by atoms with Gasteiger partial charge in [0, 0.05) is 0 Å². The number of hydrogen-bond donors (Lipinski definition) is 3. The van der Waals surface area contributed by atoms with Gasteiger partial charge in [0.25, 0.3) is 0 Å². The van der Waals surface area contributed by atoms with E-state index in [0.717, 1.165) is 0 Å². The first kappa shape index (κ1) is 12.0. The first-order valence-electron chi connectivity index (χ1n) is 4.14. The molecule has 0 saturated heterocycles. The van der Waals surface area contributed by atoms with Gasteiger partial charge in [-0.2, -0.15) is 5.48 Å². The summed E-state index contributed by atoms with van der Waals surface area (Å²) in [6.45, 7) is 4.00. The van der Waals surface area contributed by atoms with Gasteiger partial charge in [0.1, 0.15) is 12.0 Å². The van der Waals surface area contributed by atoms with Crippen molar-refractivity contribution < 1.29 is 9.60 Å². The summed E-state index contributed by atoms with van der Waals surface area (Å²) in [5.41, 5.74) is 7.85. The van der Waals surface area contributed by atoms with Crippen molar-refractivity contribution in [2.75, 3.05) is 0 Å². The maximum absolute atomic E-state index is 12.3. The van der Waals surface area contributed by atoms with Crippen molar-refractivity contribution in [1.29, 1.82) is 0 Å². The maximum Gasteiger partial charge on any atom is 0.123 e. The molecule has 0 heterocycles. The van der Waals surface area contributed by atoms with Crippen LogP contribution in [0, 0.1) is 5.82 Å². The fourth-order valence-corrected chi connectivity index (χ4v) is 0.745. The normalized spacial score (nSPS) is 11.5. The lowest BCUT2D eigenvalue weighted by molar-refractivity contribution is 0.128. The van der Waals surface area contributed by atoms with Gasteiger partial charge in [-0.15, -0.1) is 0 Å². The Bertz CT molecular complexity index is 226. The van der Waals surface area contributed by atoms with Crippen LogP contribution in [0.25, 0.3) is 0 Å². The van der Waals surface area contributed by atoms with Gasteiger partial charge in [-0.25, -0.2) is 4.39 Å². The molecule has 0 radical (unpaired) electrons. The zero-order valence-electron chi connectivity index (χ0n) is 7.79. The molecule has 3 nitrogen and oxygen atoms in total. The molecule has 1 aromatic rings. The summed E-state index contributed by atoms with van der Waals surface area (Å²) in [6.07, 6.45) is -0.657. The smallest absolute Gasteiger partial charge is 0.123 e. The van der Waals surface area contributed by atoms with E-state index >= 15 is 0 Å². The highest BCUT2D eigenvalue weighted by molar-refractivity contribution is 5.18. The summed E-state index contributed by atoms with van der Waals surface area (Å²) in [4.78, 5) is 0. The second-order valence-electron chi connectivity index (χ2n) is 2.16. The Balaban J connectivity index is 0.000000671. The average molecular weight is 186 g/mol. The Morgan fingerprint density at radius 2 is 1.77 bits per heavy atom. The standard InChI is InChI=1S/C7H9FN2O.C2H6/c8-6-3-1-5(2-4-6)7(9)10-11;1-2/h1-4,7,10-11H,9H2;1-2H3. The Kier molecular flexibility index (Phi) is 6.05. The minimum Gasteiger partial charge on any atom is -0.315 e. The minimum atomic E-state index is -0.657. The number of nitrogens with two attached hydrogens (primary N) is 1. The maximum atomic E-state index is 12.3. The van der Waals surface area contributed by atoms with E-state index in [0.29, 0.717) is 5.56 Å². The van der Waals surface area contributed by atoms with Crippen molar-refractivity contribution >= 4 is 0 Å². The lowest BCUT2D eigenvalue weighted by atomic mass is 10.2. The lowest BCUT2D eigenvalue weighted by Gasteiger charge is -2.07. The van der Waals surface area contributed by atoms with Crippen molar-refractivity contribution in [3.63, 3.8) is 0 Å². The van der Waals surface area contributed by atoms with Crippen LogP contribution in [0.3, 0.4) is 0 Å². The number of hydroxylamine groups is 1. The molecule has 4 heteroatoms. The number of rotatable bonds is 2. The Hall–Kier alpha value is -0.970. The predicted molar refractivity (Wildman–Crippen MR) is 49.6 cm³/mol. The second kappa shape index (κ2) is 6.54. The monoisotopic (exact) mass is 186 g/mol. The summed E-state index contributed by atoms with van der Waals surface area (Å²) >= 11 is 0. The van der Waals surface area contributed by atoms with Gasteiger partial charge in [0.2, 0.25) is 0 Å². The largest absolute Gasteiger partial charge is 0.315 e. The number of halogens is 1. The average Bonchev–Trinajstić information content (AvgIpc) is 2.21. The zero-order chi connectivity index (χ0) is 10.3. The van der Waals surface area contributed by atoms with Crippen LogP contribution in [0.15, 0.2) is 24.3 Å². The molecule has 0 aliphatic carbocycles. The molecule has 0 aliphatic heterocycles. The third kappa shape index (κ3) is 3.98. The van der Waals surface area contributed by atoms with Gasteiger partial charge in [-0.1, -0.05) is 26.0 Å². The van der Waals surface area contributed by atoms with Crippen LogP contribution < -0.4 is 11.2 Å². The molecular formula is C9H15FN2O. The minimum absolute atomic E-state index is 0.320. The summed E-state index contributed by atoms with van der Waals surface area (Å²) in [7, 11) is 0. The fourth-order valence-electron chi connectivity index (χ4n) is 0.745. The highest BCUT2D eigenvalue weighted by atomic mass is 19.1. The molecule has 1 unspecified atom stereocenters. The quantitative estimate of drug-likeness (QED) is 0.487. The van der Waals surface area contributed by atoms with Crippen molar-refractivity contribution in [2.24, 2.45) is 5.73 Å². The van der Waals surface area contributed by atoms with Crippen LogP contribution in [0.2, 0.25) is 0 Å². The van der Waals surface area contributed by atoms with Gasteiger partial charge in [0.15, 0.2) is 0 Å². The molecule has 0 aliphatic rings. The van der Waals surface area contributed by atoms with Gasteiger partial charge < -0.3 is 10.9 Å². The van der Waals surface area contributed by atoms with Crippen LogP contribution in [0.1, 0.15) is 25.6 Å². The van der Waals surface area contributed by atoms with Crippen molar-refractivity contribution in [2.45, 2.75) is 20.0 Å². The van der Waals surface area contributed by atoms with E-state index < -0.39 is 6.17 Å². The molecule has 0 amide bonds. The van der Waals surface area contributed by atoms with Gasteiger partial charge in [0.05, 0.1) is 0 Å². The molecule has 74 valence electrons. The van der Waals surface area contributed by atoms with Gasteiger partial charge in [-0.3, -0.25) is 0 Å². The van der Waals surface area contributed by atoms with Crippen LogP contribution in [-0.4, -0.2) is 5.21 Å². The summed E-state index contributed by atoms with van der Waals surface area (Å²) in [5.74, 6) is -0.320.